The van der Waals surface area contributed by atoms with Crippen molar-refractivity contribution in [2.45, 2.75) is 26.7 Å². The van der Waals surface area contributed by atoms with E-state index in [9.17, 15) is 14.4 Å². The second-order valence-corrected chi connectivity index (χ2v) is 4.63. The van der Waals surface area contributed by atoms with Crippen molar-refractivity contribution in [3.8, 4) is 0 Å². The van der Waals surface area contributed by atoms with Gasteiger partial charge in [0.25, 0.3) is 0 Å². The quantitative estimate of drug-likeness (QED) is 0.639. The summed E-state index contributed by atoms with van der Waals surface area (Å²) in [5, 5.41) is 0. The number of amides is 1. The molecule has 1 rings (SSSR count). The number of nitrogens with zero attached hydrogens (tertiary/aromatic N) is 2. The molecular formula is C13H22N2O4. The summed E-state index contributed by atoms with van der Waals surface area (Å²) in [6, 6.07) is 0. The first-order valence-corrected chi connectivity index (χ1v) is 6.68. The third-order valence-electron chi connectivity index (χ3n) is 3.13. The average Bonchev–Trinajstić information content (AvgIpc) is 2.37. The van der Waals surface area contributed by atoms with E-state index >= 15 is 0 Å². The Bertz CT molecular complexity index is 336. The summed E-state index contributed by atoms with van der Waals surface area (Å²) in [7, 11) is 0. The molecule has 6 heteroatoms. The van der Waals surface area contributed by atoms with Crippen molar-refractivity contribution < 1.29 is 19.1 Å². The number of hydrogen-bond donors (Lipinski definition) is 0. The molecule has 108 valence electrons. The van der Waals surface area contributed by atoms with Gasteiger partial charge in [-0.2, -0.15) is 0 Å². The minimum atomic E-state index is -0.322. The Kier molecular flexibility index (Phi) is 6.49. The van der Waals surface area contributed by atoms with Crippen LogP contribution in [-0.2, 0) is 19.1 Å². The molecule has 6 nitrogen and oxygen atoms in total. The molecule has 1 fully saturated rings. The lowest BCUT2D eigenvalue weighted by atomic mass is 10.2. The highest BCUT2D eigenvalue weighted by molar-refractivity contribution is 5.84. The third kappa shape index (κ3) is 5.83. The standard InChI is InChI=1S/C13H22N2O4/c1-3-19-13(18)5-4-12(17)10-14-6-8-15(9-7-14)11(2)16/h3-10H2,1-2H3. The first-order chi connectivity index (χ1) is 9.02. The topological polar surface area (TPSA) is 66.9 Å². The van der Waals surface area contributed by atoms with Crippen LogP contribution in [0, 0.1) is 0 Å². The zero-order valence-corrected chi connectivity index (χ0v) is 11.7. The lowest BCUT2D eigenvalue weighted by Crippen LogP contribution is -2.49. The van der Waals surface area contributed by atoms with Gasteiger partial charge in [-0.05, 0) is 6.92 Å². The summed E-state index contributed by atoms with van der Waals surface area (Å²) in [5.74, 6) is -0.199. The molecule has 0 aromatic carbocycles. The molecule has 0 unspecified atom stereocenters. The number of hydrogen-bond acceptors (Lipinski definition) is 5. The van der Waals surface area contributed by atoms with Crippen LogP contribution in [0.2, 0.25) is 0 Å². The van der Waals surface area contributed by atoms with Crippen LogP contribution in [0.25, 0.3) is 0 Å². The van der Waals surface area contributed by atoms with Gasteiger partial charge < -0.3 is 9.64 Å². The maximum Gasteiger partial charge on any atom is 0.306 e. The number of ether oxygens (including phenoxy) is 1. The summed E-state index contributed by atoms with van der Waals surface area (Å²) in [5.41, 5.74) is 0. The Labute approximate surface area is 113 Å². The van der Waals surface area contributed by atoms with E-state index < -0.39 is 0 Å². The normalized spacial score (nSPS) is 16.2. The van der Waals surface area contributed by atoms with E-state index in [2.05, 4.69) is 0 Å². The van der Waals surface area contributed by atoms with E-state index in [-0.39, 0.29) is 30.5 Å². The van der Waals surface area contributed by atoms with Gasteiger partial charge in [0.2, 0.25) is 5.91 Å². The number of ketones is 1. The number of rotatable bonds is 6. The van der Waals surface area contributed by atoms with Crippen LogP contribution in [0.4, 0.5) is 0 Å². The van der Waals surface area contributed by atoms with E-state index in [0.29, 0.717) is 39.3 Å². The Morgan fingerprint density at radius 2 is 1.68 bits per heavy atom. The fourth-order valence-corrected chi connectivity index (χ4v) is 2.02. The van der Waals surface area contributed by atoms with Gasteiger partial charge in [-0.3, -0.25) is 19.3 Å². The third-order valence-corrected chi connectivity index (χ3v) is 3.13. The molecule has 0 aromatic rings. The molecule has 0 bridgehead atoms. The zero-order chi connectivity index (χ0) is 14.3. The lowest BCUT2D eigenvalue weighted by molar-refractivity contribution is -0.144. The Balaban J connectivity index is 2.20. The van der Waals surface area contributed by atoms with Crippen molar-refractivity contribution >= 4 is 17.7 Å². The molecule has 1 heterocycles. The Morgan fingerprint density at radius 1 is 1.05 bits per heavy atom. The van der Waals surface area contributed by atoms with Crippen molar-refractivity contribution in [2.24, 2.45) is 0 Å². The maximum absolute atomic E-state index is 11.7. The largest absolute Gasteiger partial charge is 0.466 e. The van der Waals surface area contributed by atoms with Crippen molar-refractivity contribution in [1.29, 1.82) is 0 Å². The van der Waals surface area contributed by atoms with E-state index in [1.165, 1.54) is 0 Å². The summed E-state index contributed by atoms with van der Waals surface area (Å²) in [6.45, 7) is 6.76. The second-order valence-electron chi connectivity index (χ2n) is 4.63. The Morgan fingerprint density at radius 3 is 2.21 bits per heavy atom. The molecule has 0 spiro atoms. The highest BCUT2D eigenvalue weighted by atomic mass is 16.5. The van der Waals surface area contributed by atoms with Crippen LogP contribution in [0.15, 0.2) is 0 Å². The van der Waals surface area contributed by atoms with Gasteiger partial charge in [0, 0.05) is 39.5 Å². The smallest absolute Gasteiger partial charge is 0.306 e. The summed E-state index contributed by atoms with van der Waals surface area (Å²) < 4.78 is 4.77. The van der Waals surface area contributed by atoms with Crippen LogP contribution in [-0.4, -0.2) is 66.8 Å². The first-order valence-electron chi connectivity index (χ1n) is 6.68. The van der Waals surface area contributed by atoms with Crippen molar-refractivity contribution in [3.63, 3.8) is 0 Å². The van der Waals surface area contributed by atoms with Gasteiger partial charge in [0.15, 0.2) is 0 Å². The van der Waals surface area contributed by atoms with E-state index in [4.69, 9.17) is 4.74 Å². The number of carbonyl (C=O) groups excluding carboxylic acids is 3. The maximum atomic E-state index is 11.7. The molecule has 0 aliphatic carbocycles. The predicted octanol–water partition coefficient (Wildman–Crippen LogP) is 0.0629. The highest BCUT2D eigenvalue weighted by Gasteiger charge is 2.20. The number of carbonyl (C=O) groups is 3. The molecule has 0 radical (unpaired) electrons. The summed E-state index contributed by atoms with van der Waals surface area (Å²) in [4.78, 5) is 37.8. The molecule has 1 amide bonds. The molecular weight excluding hydrogens is 248 g/mol. The van der Waals surface area contributed by atoms with Crippen LogP contribution in [0.3, 0.4) is 0 Å². The summed E-state index contributed by atoms with van der Waals surface area (Å²) >= 11 is 0. The van der Waals surface area contributed by atoms with Gasteiger partial charge in [-0.15, -0.1) is 0 Å². The van der Waals surface area contributed by atoms with E-state index in [1.54, 1.807) is 18.7 Å². The van der Waals surface area contributed by atoms with E-state index in [0.717, 1.165) is 0 Å². The number of Topliss-reactive ketones (excluding diaryl/α,β-unsaturated/α-hetero) is 1. The highest BCUT2D eigenvalue weighted by Crippen LogP contribution is 2.03. The average molecular weight is 270 g/mol. The molecule has 19 heavy (non-hydrogen) atoms. The molecule has 1 aliphatic heterocycles. The molecule has 1 saturated heterocycles. The minimum absolute atomic E-state index is 0.0457. The van der Waals surface area contributed by atoms with Crippen LogP contribution in [0.5, 0.6) is 0 Å². The molecule has 0 aromatic heterocycles. The van der Waals surface area contributed by atoms with Crippen LogP contribution < -0.4 is 0 Å². The van der Waals surface area contributed by atoms with Gasteiger partial charge in [0.05, 0.1) is 19.6 Å². The second kappa shape index (κ2) is 7.89. The predicted molar refractivity (Wildman–Crippen MR) is 69.6 cm³/mol. The van der Waals surface area contributed by atoms with E-state index in [1.807, 2.05) is 4.90 Å². The fourth-order valence-electron chi connectivity index (χ4n) is 2.02. The van der Waals surface area contributed by atoms with Gasteiger partial charge >= 0.3 is 5.97 Å². The van der Waals surface area contributed by atoms with Crippen molar-refractivity contribution in [3.05, 3.63) is 0 Å². The molecule has 0 saturated carbocycles. The van der Waals surface area contributed by atoms with Crippen molar-refractivity contribution in [1.82, 2.24) is 9.80 Å². The molecule has 1 aliphatic rings. The molecule has 0 atom stereocenters. The van der Waals surface area contributed by atoms with Gasteiger partial charge in [0.1, 0.15) is 5.78 Å². The SMILES string of the molecule is CCOC(=O)CCC(=O)CN1CCN(C(C)=O)CC1. The monoisotopic (exact) mass is 270 g/mol. The fraction of sp³-hybridized carbons (Fsp3) is 0.769. The molecule has 0 N–H and O–H groups in total. The summed E-state index contributed by atoms with van der Waals surface area (Å²) in [6.07, 6.45) is 0.381. The van der Waals surface area contributed by atoms with Gasteiger partial charge in [-0.1, -0.05) is 0 Å². The van der Waals surface area contributed by atoms with Crippen LogP contribution in [0.1, 0.15) is 26.7 Å². The van der Waals surface area contributed by atoms with Crippen molar-refractivity contribution in [2.75, 3.05) is 39.3 Å². The Hall–Kier alpha value is -1.43. The van der Waals surface area contributed by atoms with Gasteiger partial charge in [-0.25, -0.2) is 0 Å². The van der Waals surface area contributed by atoms with Crippen LogP contribution >= 0.6 is 0 Å². The number of piperazine rings is 1. The first kappa shape index (κ1) is 15.6. The lowest BCUT2D eigenvalue weighted by Gasteiger charge is -2.33. The number of esters is 1. The zero-order valence-electron chi connectivity index (χ0n) is 11.7. The minimum Gasteiger partial charge on any atom is -0.466 e.